The fourth-order valence-electron chi connectivity index (χ4n) is 2.24. The Labute approximate surface area is 265 Å². The van der Waals surface area contributed by atoms with Gasteiger partial charge in [0.2, 0.25) is 6.29 Å². The predicted molar refractivity (Wildman–Crippen MR) is 152 cm³/mol. The van der Waals surface area contributed by atoms with Crippen molar-refractivity contribution in [3.8, 4) is 11.5 Å². The predicted octanol–water partition coefficient (Wildman–Crippen LogP) is 7.47. The van der Waals surface area contributed by atoms with Crippen LogP contribution in [-0.4, -0.2) is 50.5 Å². The first-order valence-electron chi connectivity index (χ1n) is 11.9. The Morgan fingerprint density at radius 2 is 1.20 bits per heavy atom. The number of alkyl carbamates (subject to hydrolysis) is 1. The Hall–Kier alpha value is -3.63. The lowest BCUT2D eigenvalue weighted by molar-refractivity contribution is -0.156. The van der Waals surface area contributed by atoms with Crippen molar-refractivity contribution in [2.75, 3.05) is 26.3 Å². The summed E-state index contributed by atoms with van der Waals surface area (Å²) >= 11 is 0. The van der Waals surface area contributed by atoms with Gasteiger partial charge in [-0.25, -0.2) is 31.1 Å². The summed E-state index contributed by atoms with van der Waals surface area (Å²) in [6.07, 6.45) is -4.14. The minimum Gasteiger partial charge on any atom is -0.486 e. The van der Waals surface area contributed by atoms with Crippen LogP contribution in [0.15, 0.2) is 60.2 Å². The van der Waals surface area contributed by atoms with Gasteiger partial charge in [0.15, 0.2) is 23.3 Å². The molecule has 0 unspecified atom stereocenters. The molecular weight excluding hydrogens is 674 g/mol. The van der Waals surface area contributed by atoms with E-state index < -0.39 is 65.7 Å². The molecule has 0 aliphatic heterocycles. The molecule has 7 nitrogen and oxygen atoms in total. The molecule has 0 radical (unpaired) electrons. The Morgan fingerprint density at radius 3 is 1.53 bits per heavy atom. The molecule has 2 aromatic carbocycles. The van der Waals surface area contributed by atoms with Gasteiger partial charge in [-0.1, -0.05) is 0 Å². The maximum absolute atomic E-state index is 13.4. The summed E-state index contributed by atoms with van der Waals surface area (Å²) in [5.41, 5.74) is 4.42. The van der Waals surface area contributed by atoms with Crippen LogP contribution in [0.4, 0.5) is 44.3 Å². The summed E-state index contributed by atoms with van der Waals surface area (Å²) in [7, 11) is 0. The van der Waals surface area contributed by atoms with Crippen LogP contribution in [0.1, 0.15) is 20.8 Å². The van der Waals surface area contributed by atoms with E-state index in [-0.39, 0.29) is 56.0 Å². The van der Waals surface area contributed by atoms with E-state index in [4.69, 9.17) is 24.7 Å². The number of rotatable bonds is 9. The monoisotopic (exact) mass is 704 g/mol. The lowest BCUT2D eigenvalue weighted by atomic mass is 10.2. The highest BCUT2D eigenvalue weighted by Crippen LogP contribution is 2.17. The van der Waals surface area contributed by atoms with Gasteiger partial charge in [-0.2, -0.15) is 13.2 Å². The topological polar surface area (TPSA) is 99.9 Å². The third-order valence-electron chi connectivity index (χ3n) is 3.98. The number of ether oxygens (including phenoxy) is 3. The average Bonchev–Trinajstić information content (AvgIpc) is 2.89. The Bertz CT molecular complexity index is 1240. The highest BCUT2D eigenvalue weighted by atomic mass is 35.5. The van der Waals surface area contributed by atoms with Gasteiger partial charge in [0.25, 0.3) is 0 Å². The zero-order valence-corrected chi connectivity index (χ0v) is 25.5. The number of aldehydes is 1. The van der Waals surface area contributed by atoms with Crippen molar-refractivity contribution in [1.29, 1.82) is 0 Å². The molecular formula is C27H31Cl2F9N2O5. The summed E-state index contributed by atoms with van der Waals surface area (Å²) < 4.78 is 123. The van der Waals surface area contributed by atoms with Crippen molar-refractivity contribution in [2.24, 2.45) is 5.73 Å². The fourth-order valence-corrected chi connectivity index (χ4v) is 2.24. The van der Waals surface area contributed by atoms with Crippen LogP contribution in [0.3, 0.4) is 0 Å². The normalized spacial score (nSPS) is 11.2. The number of hydrogen-bond acceptors (Lipinski definition) is 6. The number of carbonyl (C=O) groups is 2. The van der Waals surface area contributed by atoms with E-state index >= 15 is 0 Å². The molecule has 256 valence electrons. The number of nitrogens with two attached hydrogens (primary N) is 1. The van der Waals surface area contributed by atoms with Crippen LogP contribution in [0, 0.1) is 23.3 Å². The average molecular weight is 705 g/mol. The second-order valence-electron chi connectivity index (χ2n) is 8.81. The molecule has 18 heteroatoms. The number of alkyl halides is 3. The van der Waals surface area contributed by atoms with Crippen molar-refractivity contribution in [3.05, 3.63) is 83.5 Å². The molecule has 0 saturated carbocycles. The van der Waals surface area contributed by atoms with E-state index in [0.29, 0.717) is 0 Å². The molecule has 0 heterocycles. The number of benzene rings is 2. The summed E-state index contributed by atoms with van der Waals surface area (Å²) in [4.78, 5) is 20.0. The minimum atomic E-state index is -4.64. The van der Waals surface area contributed by atoms with E-state index in [2.05, 4.69) is 5.32 Å². The van der Waals surface area contributed by atoms with Crippen LogP contribution in [0.25, 0.3) is 0 Å². The summed E-state index contributed by atoms with van der Waals surface area (Å²) in [6.45, 7) is 4.30. The molecule has 0 saturated heterocycles. The molecule has 2 rings (SSSR count). The van der Waals surface area contributed by atoms with Gasteiger partial charge >= 0.3 is 12.3 Å². The molecule has 0 aliphatic rings. The van der Waals surface area contributed by atoms with Crippen molar-refractivity contribution in [1.82, 2.24) is 5.32 Å². The van der Waals surface area contributed by atoms with Gasteiger partial charge < -0.3 is 25.3 Å². The van der Waals surface area contributed by atoms with Crippen LogP contribution in [0.5, 0.6) is 11.5 Å². The third-order valence-corrected chi connectivity index (χ3v) is 3.98. The first-order valence-corrected chi connectivity index (χ1v) is 11.9. The fraction of sp³-hybridized carbons (Fsp3) is 0.333. The second-order valence-corrected chi connectivity index (χ2v) is 8.81. The van der Waals surface area contributed by atoms with E-state index in [0.717, 1.165) is 36.4 Å². The van der Waals surface area contributed by atoms with E-state index in [1.54, 1.807) is 20.8 Å². The molecule has 2 aromatic rings. The van der Waals surface area contributed by atoms with Gasteiger partial charge in [-0.15, -0.1) is 24.8 Å². The molecule has 0 fully saturated rings. The number of nitrogens with one attached hydrogen (secondary N) is 1. The SMILES string of the molecule is CC(C)(C)OC(=O)NC/C=C(/F)COc1ccc(F)c(F)c1.Cl.Cl.NC/C=C(/F)COc1ccc(F)c(F)c1.O=CC(F)(F)F. The molecule has 45 heavy (non-hydrogen) atoms. The summed E-state index contributed by atoms with van der Waals surface area (Å²) in [6, 6.07) is 5.87. The zero-order valence-electron chi connectivity index (χ0n) is 23.9. The van der Waals surface area contributed by atoms with Gasteiger partial charge in [0, 0.05) is 25.2 Å². The van der Waals surface area contributed by atoms with E-state index in [1.165, 1.54) is 12.1 Å². The van der Waals surface area contributed by atoms with E-state index in [9.17, 15) is 44.3 Å². The number of carbonyl (C=O) groups excluding carboxylic acids is 2. The van der Waals surface area contributed by atoms with Crippen LogP contribution in [0.2, 0.25) is 0 Å². The molecule has 0 atom stereocenters. The highest BCUT2D eigenvalue weighted by molar-refractivity contribution is 5.85. The van der Waals surface area contributed by atoms with Crippen LogP contribution >= 0.6 is 24.8 Å². The van der Waals surface area contributed by atoms with Crippen LogP contribution in [-0.2, 0) is 9.53 Å². The van der Waals surface area contributed by atoms with E-state index in [1.807, 2.05) is 0 Å². The van der Waals surface area contributed by atoms with Gasteiger partial charge in [-0.05, 0) is 57.2 Å². The lowest BCUT2D eigenvalue weighted by Gasteiger charge is -2.19. The van der Waals surface area contributed by atoms with Crippen molar-refractivity contribution in [2.45, 2.75) is 32.5 Å². The lowest BCUT2D eigenvalue weighted by Crippen LogP contribution is -2.32. The van der Waals surface area contributed by atoms with Crippen molar-refractivity contribution >= 4 is 37.2 Å². The molecule has 1 amide bonds. The Kier molecular flexibility index (Phi) is 23.2. The Morgan fingerprint density at radius 1 is 0.800 bits per heavy atom. The van der Waals surface area contributed by atoms with Gasteiger partial charge in [0.05, 0.1) is 0 Å². The molecule has 0 aliphatic carbocycles. The maximum atomic E-state index is 13.4. The molecule has 3 N–H and O–H groups in total. The number of halogens is 11. The van der Waals surface area contributed by atoms with Crippen molar-refractivity contribution in [3.63, 3.8) is 0 Å². The highest BCUT2D eigenvalue weighted by Gasteiger charge is 2.25. The van der Waals surface area contributed by atoms with Gasteiger partial charge in [-0.3, -0.25) is 4.79 Å². The van der Waals surface area contributed by atoms with Gasteiger partial charge in [0.1, 0.15) is 42.0 Å². The molecule has 0 bridgehead atoms. The smallest absolute Gasteiger partial charge is 0.446 e. The Balaban J connectivity index is -0.000000666. The maximum Gasteiger partial charge on any atom is 0.446 e. The zero-order chi connectivity index (χ0) is 33.2. The quantitative estimate of drug-likeness (QED) is 0.208. The molecule has 0 aromatic heterocycles. The first kappa shape index (κ1) is 45.8. The summed E-state index contributed by atoms with van der Waals surface area (Å²) in [5, 5.41) is 2.34. The number of amides is 1. The summed E-state index contributed by atoms with van der Waals surface area (Å²) in [5.74, 6) is -5.24. The largest absolute Gasteiger partial charge is 0.486 e. The first-order chi connectivity index (χ1) is 19.9. The second kappa shape index (κ2) is 22.8. The molecule has 0 spiro atoms. The van der Waals surface area contributed by atoms with Crippen molar-refractivity contribution < 1.29 is 63.3 Å². The standard InChI is InChI=1S/C15H18F3NO3.C10H10F3NO.C2HF3O.2ClH/c1-15(2,3)22-14(20)19-7-6-10(16)9-21-11-4-5-12(17)13(18)8-11;11-7(3-4-14)6-15-8-1-2-9(12)10(13)5-8;3-2(4,5)1-6;;/h4-6,8H,7,9H2,1-3H3,(H,19,20);1-3,5H,4,6,14H2;1H;2*1H/b10-6+;7-3+;;;. The third kappa shape index (κ3) is 24.4. The van der Waals surface area contributed by atoms with Crippen LogP contribution < -0.4 is 20.5 Å². The number of hydrogen-bond donors (Lipinski definition) is 2. The minimum absolute atomic E-state index is 0.